The first-order valence-corrected chi connectivity index (χ1v) is 6.78. The van der Waals surface area contributed by atoms with E-state index in [0.29, 0.717) is 11.8 Å². The van der Waals surface area contributed by atoms with Crippen LogP contribution >= 0.6 is 0 Å². The molecule has 1 aliphatic rings. The molecule has 100 valence electrons. The van der Waals surface area contributed by atoms with E-state index in [-0.39, 0.29) is 0 Å². The van der Waals surface area contributed by atoms with Crippen LogP contribution in [0.2, 0.25) is 0 Å². The van der Waals surface area contributed by atoms with Crippen molar-refractivity contribution >= 4 is 5.69 Å². The Morgan fingerprint density at radius 3 is 2.11 bits per heavy atom. The minimum Gasteiger partial charge on any atom is -0.497 e. The second-order valence-corrected chi connectivity index (χ2v) is 5.47. The fourth-order valence-electron chi connectivity index (χ4n) is 2.54. The van der Waals surface area contributed by atoms with Crippen LogP contribution < -0.4 is 15.0 Å². The molecule has 0 amide bonds. The molecule has 0 spiro atoms. The summed E-state index contributed by atoms with van der Waals surface area (Å²) in [7, 11) is 1.71. The summed E-state index contributed by atoms with van der Waals surface area (Å²) >= 11 is 0. The van der Waals surface area contributed by atoms with Gasteiger partial charge in [-0.3, -0.25) is 0 Å². The Morgan fingerprint density at radius 1 is 1.06 bits per heavy atom. The Bertz CT molecular complexity index is 351. The van der Waals surface area contributed by atoms with E-state index in [2.05, 4.69) is 36.2 Å². The predicted octanol–water partition coefficient (Wildman–Crippen LogP) is 2.38. The highest BCUT2D eigenvalue weighted by molar-refractivity contribution is 5.49. The van der Waals surface area contributed by atoms with Gasteiger partial charge in [-0.05, 0) is 49.2 Å². The van der Waals surface area contributed by atoms with Crippen LogP contribution in [0.15, 0.2) is 24.3 Å². The van der Waals surface area contributed by atoms with Crippen LogP contribution in [-0.4, -0.2) is 33.3 Å². The van der Waals surface area contributed by atoms with Crippen molar-refractivity contribution in [1.29, 1.82) is 0 Å². The van der Waals surface area contributed by atoms with Gasteiger partial charge in [0.2, 0.25) is 0 Å². The number of nitrogens with zero attached hydrogens (tertiary/aromatic N) is 1. The average Bonchev–Trinajstić information content (AvgIpc) is 2.36. The van der Waals surface area contributed by atoms with Crippen molar-refractivity contribution < 1.29 is 4.74 Å². The van der Waals surface area contributed by atoms with Crippen molar-refractivity contribution in [2.45, 2.75) is 13.8 Å². The number of ether oxygens (including phenoxy) is 1. The number of hydrogen-bond acceptors (Lipinski definition) is 3. The predicted molar refractivity (Wildman–Crippen MR) is 76.4 cm³/mol. The molecule has 18 heavy (non-hydrogen) atoms. The monoisotopic (exact) mass is 248 g/mol. The van der Waals surface area contributed by atoms with Crippen LogP contribution in [0.5, 0.6) is 5.75 Å². The van der Waals surface area contributed by atoms with Crippen molar-refractivity contribution in [1.82, 2.24) is 5.32 Å². The molecule has 3 heteroatoms. The fraction of sp³-hybridized carbons (Fsp3) is 0.600. The summed E-state index contributed by atoms with van der Waals surface area (Å²) in [5, 5.41) is 3.53. The molecule has 0 saturated carbocycles. The third kappa shape index (κ3) is 3.39. The summed E-state index contributed by atoms with van der Waals surface area (Å²) < 4.78 is 5.21. The Balaban J connectivity index is 2.11. The molecule has 0 bridgehead atoms. The quantitative estimate of drug-likeness (QED) is 0.869. The molecule has 0 radical (unpaired) electrons. The highest BCUT2D eigenvalue weighted by atomic mass is 16.5. The summed E-state index contributed by atoms with van der Waals surface area (Å²) in [6.45, 7) is 9.06. The van der Waals surface area contributed by atoms with Gasteiger partial charge in [-0.2, -0.15) is 0 Å². The van der Waals surface area contributed by atoms with Gasteiger partial charge < -0.3 is 15.0 Å². The lowest BCUT2D eigenvalue weighted by atomic mass is 10.0. The van der Waals surface area contributed by atoms with E-state index < -0.39 is 0 Å². The maximum atomic E-state index is 5.21. The van der Waals surface area contributed by atoms with Gasteiger partial charge in [0.05, 0.1) is 7.11 Å². The number of hydrogen-bond donors (Lipinski definition) is 1. The first-order chi connectivity index (χ1) is 8.69. The van der Waals surface area contributed by atoms with Crippen LogP contribution in [0.25, 0.3) is 0 Å². The second-order valence-electron chi connectivity index (χ2n) is 5.47. The molecule has 1 aromatic rings. The molecule has 0 aliphatic carbocycles. The summed E-state index contributed by atoms with van der Waals surface area (Å²) in [6, 6.07) is 8.41. The molecule has 2 rings (SSSR count). The third-order valence-corrected chi connectivity index (χ3v) is 3.49. The van der Waals surface area contributed by atoms with E-state index in [4.69, 9.17) is 4.74 Å². The van der Waals surface area contributed by atoms with Crippen molar-refractivity contribution in [2.24, 2.45) is 11.8 Å². The molecule has 1 N–H and O–H groups in total. The lowest BCUT2D eigenvalue weighted by Gasteiger charge is -2.33. The van der Waals surface area contributed by atoms with Gasteiger partial charge in [0.15, 0.2) is 0 Å². The molecule has 1 aliphatic heterocycles. The Morgan fingerprint density at radius 2 is 1.61 bits per heavy atom. The zero-order valence-corrected chi connectivity index (χ0v) is 11.6. The summed E-state index contributed by atoms with van der Waals surface area (Å²) in [4.78, 5) is 2.50. The van der Waals surface area contributed by atoms with Gasteiger partial charge >= 0.3 is 0 Å². The highest BCUT2D eigenvalue weighted by Gasteiger charge is 2.17. The molecule has 1 heterocycles. The number of nitrogens with one attached hydrogen (secondary N) is 1. The second kappa shape index (κ2) is 6.10. The van der Waals surface area contributed by atoms with Crippen LogP contribution in [0.3, 0.4) is 0 Å². The standard InChI is InChI=1S/C15H24N2O/c1-12-8-16-9-13(2)11-17(10-12)14-4-6-15(18-3)7-5-14/h4-7,12-13,16H,8-11H2,1-3H3. The van der Waals surface area contributed by atoms with Crippen LogP contribution in [-0.2, 0) is 0 Å². The molecular formula is C15H24N2O. The van der Waals surface area contributed by atoms with Gasteiger partial charge in [-0.15, -0.1) is 0 Å². The fourth-order valence-corrected chi connectivity index (χ4v) is 2.54. The maximum Gasteiger partial charge on any atom is 0.119 e. The smallest absolute Gasteiger partial charge is 0.119 e. The topological polar surface area (TPSA) is 24.5 Å². The van der Waals surface area contributed by atoms with Gasteiger partial charge in [0, 0.05) is 18.8 Å². The maximum absolute atomic E-state index is 5.21. The molecule has 0 aromatic heterocycles. The Labute approximate surface area is 110 Å². The summed E-state index contributed by atoms with van der Waals surface area (Å²) in [6.07, 6.45) is 0. The van der Waals surface area contributed by atoms with E-state index in [1.54, 1.807) is 7.11 Å². The van der Waals surface area contributed by atoms with Gasteiger partial charge in [0.25, 0.3) is 0 Å². The molecule has 2 unspecified atom stereocenters. The highest BCUT2D eigenvalue weighted by Crippen LogP contribution is 2.22. The molecular weight excluding hydrogens is 224 g/mol. The van der Waals surface area contributed by atoms with E-state index in [0.717, 1.165) is 31.9 Å². The number of rotatable bonds is 2. The lowest BCUT2D eigenvalue weighted by molar-refractivity contribution is 0.408. The molecule has 3 nitrogen and oxygen atoms in total. The average molecular weight is 248 g/mol. The van der Waals surface area contributed by atoms with Crippen molar-refractivity contribution in [3.8, 4) is 5.75 Å². The summed E-state index contributed by atoms with van der Waals surface area (Å²) in [5.74, 6) is 2.28. The van der Waals surface area contributed by atoms with E-state index >= 15 is 0 Å². The minimum atomic E-state index is 0.680. The molecule has 1 aromatic carbocycles. The lowest BCUT2D eigenvalue weighted by Crippen LogP contribution is -2.42. The van der Waals surface area contributed by atoms with E-state index in [9.17, 15) is 0 Å². The largest absolute Gasteiger partial charge is 0.497 e. The third-order valence-electron chi connectivity index (χ3n) is 3.49. The Hall–Kier alpha value is -1.22. The van der Waals surface area contributed by atoms with Crippen LogP contribution in [0.1, 0.15) is 13.8 Å². The van der Waals surface area contributed by atoms with Crippen molar-refractivity contribution in [3.05, 3.63) is 24.3 Å². The zero-order chi connectivity index (χ0) is 13.0. The van der Waals surface area contributed by atoms with Gasteiger partial charge in [-0.1, -0.05) is 13.8 Å². The number of benzene rings is 1. The van der Waals surface area contributed by atoms with Crippen molar-refractivity contribution in [3.63, 3.8) is 0 Å². The number of anilines is 1. The molecule has 1 saturated heterocycles. The molecule has 2 atom stereocenters. The SMILES string of the molecule is COc1ccc(N2CC(C)CNCC(C)C2)cc1. The van der Waals surface area contributed by atoms with Gasteiger partial charge in [-0.25, -0.2) is 0 Å². The zero-order valence-electron chi connectivity index (χ0n) is 11.6. The first-order valence-electron chi connectivity index (χ1n) is 6.78. The first kappa shape index (κ1) is 13.2. The minimum absolute atomic E-state index is 0.680. The normalized spacial score (nSPS) is 25.4. The summed E-state index contributed by atoms with van der Waals surface area (Å²) in [5.41, 5.74) is 1.30. The molecule has 1 fully saturated rings. The van der Waals surface area contributed by atoms with Crippen molar-refractivity contribution in [2.75, 3.05) is 38.2 Å². The van der Waals surface area contributed by atoms with Crippen LogP contribution in [0.4, 0.5) is 5.69 Å². The van der Waals surface area contributed by atoms with E-state index in [1.165, 1.54) is 5.69 Å². The number of methoxy groups -OCH3 is 1. The van der Waals surface area contributed by atoms with Crippen LogP contribution in [0, 0.1) is 11.8 Å². The van der Waals surface area contributed by atoms with E-state index in [1.807, 2.05) is 12.1 Å². The Kier molecular flexibility index (Phi) is 4.48. The van der Waals surface area contributed by atoms with Gasteiger partial charge in [0.1, 0.15) is 5.75 Å².